The lowest BCUT2D eigenvalue weighted by molar-refractivity contribution is 0.569. The first kappa shape index (κ1) is 9.86. The predicted octanol–water partition coefficient (Wildman–Crippen LogP) is 1.55. The van der Waals surface area contributed by atoms with E-state index in [1.807, 2.05) is 6.92 Å². The number of hydrogen-bond donors (Lipinski definition) is 1. The van der Waals surface area contributed by atoms with E-state index < -0.39 is 0 Å². The van der Waals surface area contributed by atoms with Crippen molar-refractivity contribution in [3.8, 4) is 0 Å². The summed E-state index contributed by atoms with van der Waals surface area (Å²) in [5, 5.41) is 0.936. The van der Waals surface area contributed by atoms with Gasteiger partial charge < -0.3 is 10.6 Å². The van der Waals surface area contributed by atoms with Crippen LogP contribution in [0.15, 0.2) is 0 Å². The number of hydrogen-bond acceptors (Lipinski definition) is 5. The molecule has 0 saturated carbocycles. The largest absolute Gasteiger partial charge is 0.340 e. The number of piperidine rings is 1. The van der Waals surface area contributed by atoms with Gasteiger partial charge in [-0.1, -0.05) is 0 Å². The van der Waals surface area contributed by atoms with Crippen LogP contribution in [0, 0.1) is 0 Å². The number of rotatable bonds is 2. The molecule has 0 aliphatic carbocycles. The fraction of sp³-hybridized carbons (Fsp3) is 0.778. The monoisotopic (exact) mass is 212 g/mol. The molecular weight excluding hydrogens is 196 g/mol. The van der Waals surface area contributed by atoms with E-state index in [9.17, 15) is 0 Å². The Morgan fingerprint density at radius 2 is 2.07 bits per heavy atom. The first-order valence-electron chi connectivity index (χ1n) is 5.11. The molecule has 0 unspecified atom stereocenters. The van der Waals surface area contributed by atoms with Gasteiger partial charge in [-0.3, -0.25) is 0 Å². The molecule has 0 spiro atoms. The molecule has 2 heterocycles. The van der Waals surface area contributed by atoms with Crippen LogP contribution in [0.25, 0.3) is 0 Å². The third kappa shape index (κ3) is 2.04. The summed E-state index contributed by atoms with van der Waals surface area (Å²) in [5.74, 6) is 0.877. The summed E-state index contributed by atoms with van der Waals surface area (Å²) in [5.41, 5.74) is 5.75. The zero-order valence-electron chi connectivity index (χ0n) is 8.44. The van der Waals surface area contributed by atoms with Crippen molar-refractivity contribution >= 4 is 17.5 Å². The number of nitrogens with two attached hydrogens (primary N) is 1. The molecule has 5 heteroatoms. The van der Waals surface area contributed by atoms with Gasteiger partial charge in [0.1, 0.15) is 5.01 Å². The number of anilines is 1. The molecule has 1 saturated heterocycles. The van der Waals surface area contributed by atoms with E-state index in [0.717, 1.165) is 24.0 Å². The van der Waals surface area contributed by atoms with Crippen LogP contribution in [0.1, 0.15) is 37.2 Å². The van der Waals surface area contributed by atoms with Crippen LogP contribution in [0.2, 0.25) is 0 Å². The minimum absolute atomic E-state index is 0.00559. The van der Waals surface area contributed by atoms with Gasteiger partial charge >= 0.3 is 0 Å². The maximum absolute atomic E-state index is 5.75. The smallest absolute Gasteiger partial charge is 0.237 e. The van der Waals surface area contributed by atoms with Crippen molar-refractivity contribution in [3.63, 3.8) is 0 Å². The first-order chi connectivity index (χ1) is 6.77. The highest BCUT2D eigenvalue weighted by molar-refractivity contribution is 7.05. The zero-order valence-corrected chi connectivity index (χ0v) is 9.26. The van der Waals surface area contributed by atoms with Crippen molar-refractivity contribution in [3.05, 3.63) is 5.01 Å². The summed E-state index contributed by atoms with van der Waals surface area (Å²) in [6, 6.07) is 0.00559. The topological polar surface area (TPSA) is 55.0 Å². The first-order valence-corrected chi connectivity index (χ1v) is 5.89. The Morgan fingerprint density at radius 3 is 2.64 bits per heavy atom. The molecule has 78 valence electrons. The minimum Gasteiger partial charge on any atom is -0.340 e. The Morgan fingerprint density at radius 1 is 1.36 bits per heavy atom. The second-order valence-electron chi connectivity index (χ2n) is 3.77. The van der Waals surface area contributed by atoms with Gasteiger partial charge in [0.15, 0.2) is 0 Å². The molecule has 14 heavy (non-hydrogen) atoms. The summed E-state index contributed by atoms with van der Waals surface area (Å²) in [4.78, 5) is 6.70. The molecule has 1 aliphatic heterocycles. The number of nitrogens with zero attached hydrogens (tertiary/aromatic N) is 3. The Bertz CT molecular complexity index is 291. The van der Waals surface area contributed by atoms with Crippen LogP contribution in [-0.4, -0.2) is 22.4 Å². The maximum Gasteiger partial charge on any atom is 0.237 e. The lowest BCUT2D eigenvalue weighted by atomic mass is 10.1. The van der Waals surface area contributed by atoms with Gasteiger partial charge in [0.2, 0.25) is 5.95 Å². The van der Waals surface area contributed by atoms with Crippen LogP contribution in [-0.2, 0) is 0 Å². The average molecular weight is 212 g/mol. The van der Waals surface area contributed by atoms with Gasteiger partial charge in [0.05, 0.1) is 6.04 Å². The van der Waals surface area contributed by atoms with E-state index in [1.54, 1.807) is 0 Å². The van der Waals surface area contributed by atoms with Crippen molar-refractivity contribution in [2.75, 3.05) is 18.0 Å². The standard InChI is InChI=1S/C9H16N4S/c1-7(10)8-11-9(12-14-8)13-5-3-2-4-6-13/h7H,2-6,10H2,1H3/t7-/m0/s1. The van der Waals surface area contributed by atoms with Crippen LogP contribution in [0.5, 0.6) is 0 Å². The third-order valence-corrected chi connectivity index (χ3v) is 3.36. The van der Waals surface area contributed by atoms with Crippen molar-refractivity contribution in [2.24, 2.45) is 5.73 Å². The van der Waals surface area contributed by atoms with Gasteiger partial charge in [-0.25, -0.2) is 4.98 Å². The minimum atomic E-state index is 0.00559. The lowest BCUT2D eigenvalue weighted by Crippen LogP contribution is -2.30. The van der Waals surface area contributed by atoms with Crippen molar-refractivity contribution in [1.82, 2.24) is 9.36 Å². The van der Waals surface area contributed by atoms with Crippen LogP contribution < -0.4 is 10.6 Å². The predicted molar refractivity (Wildman–Crippen MR) is 58.6 cm³/mol. The van der Waals surface area contributed by atoms with Gasteiger partial charge in [-0.2, -0.15) is 4.37 Å². The van der Waals surface area contributed by atoms with E-state index in [4.69, 9.17) is 5.73 Å². The quantitative estimate of drug-likeness (QED) is 0.808. The molecule has 1 atom stereocenters. The second-order valence-corrected chi connectivity index (χ2v) is 4.55. The van der Waals surface area contributed by atoms with Crippen molar-refractivity contribution in [2.45, 2.75) is 32.2 Å². The van der Waals surface area contributed by atoms with E-state index in [2.05, 4.69) is 14.3 Å². The molecule has 0 aromatic carbocycles. The molecule has 0 radical (unpaired) electrons. The summed E-state index contributed by atoms with van der Waals surface area (Å²) in [6.45, 7) is 4.13. The Hall–Kier alpha value is -0.680. The maximum atomic E-state index is 5.75. The average Bonchev–Trinajstić information content (AvgIpc) is 2.68. The normalized spacial score (nSPS) is 19.7. The van der Waals surface area contributed by atoms with Crippen molar-refractivity contribution in [1.29, 1.82) is 0 Å². The zero-order chi connectivity index (χ0) is 9.97. The summed E-state index contributed by atoms with van der Waals surface area (Å²) < 4.78 is 4.34. The van der Waals surface area contributed by atoms with Crippen LogP contribution >= 0.6 is 11.5 Å². The molecule has 2 rings (SSSR count). The molecular formula is C9H16N4S. The Labute approximate surface area is 88.3 Å². The highest BCUT2D eigenvalue weighted by Gasteiger charge is 2.16. The highest BCUT2D eigenvalue weighted by Crippen LogP contribution is 2.20. The van der Waals surface area contributed by atoms with E-state index >= 15 is 0 Å². The third-order valence-electron chi connectivity index (χ3n) is 2.46. The molecule has 0 bridgehead atoms. The summed E-state index contributed by atoms with van der Waals surface area (Å²) in [7, 11) is 0. The van der Waals surface area contributed by atoms with Gasteiger partial charge in [-0.15, -0.1) is 0 Å². The van der Waals surface area contributed by atoms with Crippen LogP contribution in [0.3, 0.4) is 0 Å². The SMILES string of the molecule is C[C@H](N)c1nc(N2CCCCC2)ns1. The molecule has 1 aromatic rings. The molecule has 1 aliphatic rings. The van der Waals surface area contributed by atoms with Gasteiger partial charge in [-0.05, 0) is 37.7 Å². The van der Waals surface area contributed by atoms with E-state index in [-0.39, 0.29) is 6.04 Å². The highest BCUT2D eigenvalue weighted by atomic mass is 32.1. The fourth-order valence-corrected chi connectivity index (χ4v) is 2.25. The summed E-state index contributed by atoms with van der Waals surface area (Å²) >= 11 is 1.42. The van der Waals surface area contributed by atoms with Crippen LogP contribution in [0.4, 0.5) is 5.95 Å². The molecule has 2 N–H and O–H groups in total. The Balaban J connectivity index is 2.07. The molecule has 1 aromatic heterocycles. The number of aromatic nitrogens is 2. The second kappa shape index (κ2) is 4.23. The molecule has 4 nitrogen and oxygen atoms in total. The lowest BCUT2D eigenvalue weighted by Gasteiger charge is -2.25. The Kier molecular flexibility index (Phi) is 2.98. The molecule has 1 fully saturated rings. The molecule has 0 amide bonds. The van der Waals surface area contributed by atoms with Crippen molar-refractivity contribution < 1.29 is 0 Å². The van der Waals surface area contributed by atoms with Gasteiger partial charge in [0.25, 0.3) is 0 Å². The van der Waals surface area contributed by atoms with E-state index in [0.29, 0.717) is 0 Å². The van der Waals surface area contributed by atoms with Gasteiger partial charge in [0, 0.05) is 13.1 Å². The summed E-state index contributed by atoms with van der Waals surface area (Å²) in [6.07, 6.45) is 3.85. The fourth-order valence-electron chi connectivity index (χ4n) is 1.63. The van der Waals surface area contributed by atoms with E-state index in [1.165, 1.54) is 30.8 Å².